The number of hydrogen-bond donors (Lipinski definition) is 2. The summed E-state index contributed by atoms with van der Waals surface area (Å²) in [5.41, 5.74) is 1.86. The van der Waals surface area contributed by atoms with Crippen LogP contribution >= 0.6 is 0 Å². The van der Waals surface area contributed by atoms with Crippen molar-refractivity contribution in [3.05, 3.63) is 33.2 Å². The number of aromatic nitrogens is 1. The molecule has 0 spiro atoms. The number of fused-ring (bicyclic) bond motifs is 1. The van der Waals surface area contributed by atoms with Crippen molar-refractivity contribution in [3.63, 3.8) is 0 Å². The van der Waals surface area contributed by atoms with Gasteiger partial charge >= 0.3 is 0 Å². The highest BCUT2D eigenvalue weighted by atomic mass is 16.2. The van der Waals surface area contributed by atoms with Crippen molar-refractivity contribution in [1.82, 2.24) is 15.2 Å². The highest BCUT2D eigenvalue weighted by Gasteiger charge is 2.36. The van der Waals surface area contributed by atoms with E-state index in [1.807, 2.05) is 13.8 Å². The lowest BCUT2D eigenvalue weighted by Gasteiger charge is -2.37. The van der Waals surface area contributed by atoms with Gasteiger partial charge in [-0.15, -0.1) is 0 Å². The number of aromatic amines is 1. The molecular formula is C18H25N3O3. The number of H-pyrrole nitrogens is 1. The Balaban J connectivity index is 1.96. The maximum absolute atomic E-state index is 13.0. The van der Waals surface area contributed by atoms with Gasteiger partial charge < -0.3 is 15.2 Å². The van der Waals surface area contributed by atoms with Gasteiger partial charge in [-0.1, -0.05) is 20.3 Å². The molecule has 0 bridgehead atoms. The van der Waals surface area contributed by atoms with E-state index in [-0.39, 0.29) is 28.9 Å². The molecule has 1 unspecified atom stereocenters. The van der Waals surface area contributed by atoms with Crippen molar-refractivity contribution in [2.75, 3.05) is 13.1 Å². The summed E-state index contributed by atoms with van der Waals surface area (Å²) >= 11 is 0. The highest BCUT2D eigenvalue weighted by molar-refractivity contribution is 5.98. The lowest BCUT2D eigenvalue weighted by atomic mass is 9.98. The Morgan fingerprint density at radius 3 is 2.71 bits per heavy atom. The number of carbonyl (C=O) groups excluding carboxylic acids is 2. The van der Waals surface area contributed by atoms with E-state index in [0.717, 1.165) is 43.4 Å². The number of nitrogens with one attached hydrogen (secondary N) is 2. The summed E-state index contributed by atoms with van der Waals surface area (Å²) in [4.78, 5) is 42.0. The van der Waals surface area contributed by atoms with E-state index >= 15 is 0 Å². The molecule has 1 aliphatic carbocycles. The van der Waals surface area contributed by atoms with Crippen molar-refractivity contribution in [3.8, 4) is 0 Å². The number of rotatable bonds is 2. The van der Waals surface area contributed by atoms with Gasteiger partial charge in [-0.25, -0.2) is 0 Å². The molecule has 1 aromatic rings. The zero-order valence-corrected chi connectivity index (χ0v) is 14.4. The van der Waals surface area contributed by atoms with E-state index in [2.05, 4.69) is 10.3 Å². The van der Waals surface area contributed by atoms with Crippen LogP contribution in [0.5, 0.6) is 0 Å². The largest absolute Gasteiger partial charge is 0.353 e. The smallest absolute Gasteiger partial charge is 0.261 e. The highest BCUT2D eigenvalue weighted by Crippen LogP contribution is 2.21. The van der Waals surface area contributed by atoms with Crippen LogP contribution in [0.25, 0.3) is 0 Å². The van der Waals surface area contributed by atoms with Crippen LogP contribution in [0.2, 0.25) is 0 Å². The van der Waals surface area contributed by atoms with Crippen LogP contribution in [0, 0.1) is 5.92 Å². The third-order valence-corrected chi connectivity index (χ3v) is 4.97. The van der Waals surface area contributed by atoms with Crippen molar-refractivity contribution >= 4 is 11.8 Å². The summed E-state index contributed by atoms with van der Waals surface area (Å²) in [5, 5.41) is 2.80. The Morgan fingerprint density at radius 1 is 1.21 bits per heavy atom. The first-order chi connectivity index (χ1) is 11.5. The molecule has 3 rings (SSSR count). The normalized spacial score (nSPS) is 21.2. The first-order valence-corrected chi connectivity index (χ1v) is 8.83. The molecule has 2 amide bonds. The van der Waals surface area contributed by atoms with Crippen molar-refractivity contribution in [2.24, 2.45) is 5.92 Å². The summed E-state index contributed by atoms with van der Waals surface area (Å²) in [6.07, 6.45) is 5.04. The number of piperazine rings is 1. The van der Waals surface area contributed by atoms with Gasteiger partial charge in [0.2, 0.25) is 5.91 Å². The first-order valence-electron chi connectivity index (χ1n) is 8.83. The standard InChI is InChI=1S/C18H25N3O3/c1-11(2)15-17(23)19-8-9-21(15)18(24)13-10-12-6-4-3-5-7-14(12)20-16(13)22/h10-11,15H,3-9H2,1-2H3,(H,19,23)(H,20,22). The zero-order valence-electron chi connectivity index (χ0n) is 14.4. The number of amides is 2. The van der Waals surface area contributed by atoms with E-state index in [1.165, 1.54) is 0 Å². The monoisotopic (exact) mass is 331 g/mol. The number of nitrogens with zero attached hydrogens (tertiary/aromatic N) is 1. The second-order valence-corrected chi connectivity index (χ2v) is 7.06. The molecule has 130 valence electrons. The Morgan fingerprint density at radius 2 is 1.96 bits per heavy atom. The average Bonchev–Trinajstić information content (AvgIpc) is 2.77. The number of hydrogen-bond acceptors (Lipinski definition) is 3. The van der Waals surface area contributed by atoms with Crippen LogP contribution in [0.1, 0.15) is 54.7 Å². The van der Waals surface area contributed by atoms with Gasteiger partial charge in [0.25, 0.3) is 11.5 Å². The molecular weight excluding hydrogens is 306 g/mol. The maximum Gasteiger partial charge on any atom is 0.261 e. The summed E-state index contributed by atoms with van der Waals surface area (Å²) in [7, 11) is 0. The van der Waals surface area contributed by atoms with E-state index < -0.39 is 6.04 Å². The lowest BCUT2D eigenvalue weighted by Crippen LogP contribution is -2.59. The molecule has 6 heteroatoms. The van der Waals surface area contributed by atoms with Gasteiger partial charge in [0.15, 0.2) is 0 Å². The summed E-state index contributed by atoms with van der Waals surface area (Å²) in [6.45, 7) is 4.69. The lowest BCUT2D eigenvalue weighted by molar-refractivity contribution is -0.129. The SMILES string of the molecule is CC(C)C1C(=O)NCCN1C(=O)c1cc2c([nH]c1=O)CCCCC2. The molecule has 1 atom stereocenters. The molecule has 0 radical (unpaired) electrons. The van der Waals surface area contributed by atoms with Gasteiger partial charge in [0, 0.05) is 18.8 Å². The molecule has 1 aliphatic heterocycles. The molecule has 24 heavy (non-hydrogen) atoms. The molecule has 2 aliphatic rings. The van der Waals surface area contributed by atoms with Gasteiger partial charge in [-0.3, -0.25) is 14.4 Å². The Kier molecular flexibility index (Phi) is 4.73. The Hall–Kier alpha value is -2.11. The zero-order chi connectivity index (χ0) is 17.3. The average molecular weight is 331 g/mol. The quantitative estimate of drug-likeness (QED) is 0.800. The second-order valence-electron chi connectivity index (χ2n) is 7.06. The van der Waals surface area contributed by atoms with E-state index in [0.29, 0.717) is 13.1 Å². The topological polar surface area (TPSA) is 82.3 Å². The molecule has 2 heterocycles. The third kappa shape index (κ3) is 3.09. The van der Waals surface area contributed by atoms with Crippen LogP contribution in [0.4, 0.5) is 0 Å². The minimum absolute atomic E-state index is 0.00541. The predicted molar refractivity (Wildman–Crippen MR) is 91.0 cm³/mol. The second kappa shape index (κ2) is 6.79. The van der Waals surface area contributed by atoms with E-state index in [4.69, 9.17) is 0 Å². The summed E-state index contributed by atoms with van der Waals surface area (Å²) < 4.78 is 0. The molecule has 1 fully saturated rings. The van der Waals surface area contributed by atoms with Crippen LogP contribution in [0.3, 0.4) is 0 Å². The molecule has 1 saturated heterocycles. The van der Waals surface area contributed by atoms with Gasteiger partial charge in [-0.05, 0) is 43.2 Å². The molecule has 6 nitrogen and oxygen atoms in total. The predicted octanol–water partition coefficient (Wildman–Crippen LogP) is 1.24. The molecule has 0 aromatic carbocycles. The van der Waals surface area contributed by atoms with Crippen LogP contribution in [-0.2, 0) is 17.6 Å². The van der Waals surface area contributed by atoms with Crippen LogP contribution in [-0.4, -0.2) is 40.8 Å². The number of carbonyl (C=O) groups is 2. The maximum atomic E-state index is 13.0. The van der Waals surface area contributed by atoms with E-state index in [1.54, 1.807) is 11.0 Å². The van der Waals surface area contributed by atoms with Gasteiger partial charge in [-0.2, -0.15) is 0 Å². The fourth-order valence-corrected chi connectivity index (χ4v) is 3.74. The number of aryl methyl sites for hydroxylation is 2. The van der Waals surface area contributed by atoms with Crippen LogP contribution in [0.15, 0.2) is 10.9 Å². The fourth-order valence-electron chi connectivity index (χ4n) is 3.74. The third-order valence-electron chi connectivity index (χ3n) is 4.97. The van der Waals surface area contributed by atoms with Crippen LogP contribution < -0.4 is 10.9 Å². The van der Waals surface area contributed by atoms with Crippen molar-refractivity contribution in [2.45, 2.75) is 52.0 Å². The Bertz CT molecular complexity index is 708. The van der Waals surface area contributed by atoms with Crippen molar-refractivity contribution in [1.29, 1.82) is 0 Å². The first kappa shape index (κ1) is 16.7. The summed E-state index contributed by atoms with van der Waals surface area (Å²) in [6, 6.07) is 1.23. The van der Waals surface area contributed by atoms with Crippen molar-refractivity contribution < 1.29 is 9.59 Å². The minimum Gasteiger partial charge on any atom is -0.353 e. The molecule has 2 N–H and O–H groups in total. The Labute approximate surface area is 141 Å². The molecule has 1 aromatic heterocycles. The minimum atomic E-state index is -0.524. The van der Waals surface area contributed by atoms with Gasteiger partial charge in [0.05, 0.1) is 0 Å². The summed E-state index contributed by atoms with van der Waals surface area (Å²) in [5.74, 6) is -0.484. The van der Waals surface area contributed by atoms with E-state index in [9.17, 15) is 14.4 Å². The fraction of sp³-hybridized carbons (Fsp3) is 0.611. The number of pyridine rings is 1. The van der Waals surface area contributed by atoms with Gasteiger partial charge in [0.1, 0.15) is 11.6 Å². The molecule has 0 saturated carbocycles.